The zero-order chi connectivity index (χ0) is 22.4. The van der Waals surface area contributed by atoms with Crippen molar-refractivity contribution in [1.82, 2.24) is 15.5 Å². The minimum Gasteiger partial charge on any atom is -0.493 e. The highest BCUT2D eigenvalue weighted by molar-refractivity contribution is 6.04. The first-order valence-electron chi connectivity index (χ1n) is 9.43. The van der Waals surface area contributed by atoms with Gasteiger partial charge in [-0.05, 0) is 44.2 Å². The summed E-state index contributed by atoms with van der Waals surface area (Å²) in [6, 6.07) is 11.4. The molecule has 3 aromatic rings. The number of H-pyrrole nitrogens is 1. The number of amides is 2. The van der Waals surface area contributed by atoms with Gasteiger partial charge in [-0.2, -0.15) is 0 Å². The molecule has 1 heterocycles. The van der Waals surface area contributed by atoms with Crippen molar-refractivity contribution in [3.8, 4) is 22.9 Å². The van der Waals surface area contributed by atoms with Crippen LogP contribution in [-0.4, -0.2) is 41.7 Å². The lowest BCUT2D eigenvalue weighted by Crippen LogP contribution is -2.34. The summed E-state index contributed by atoms with van der Waals surface area (Å²) in [4.78, 5) is 38.0. The Kier molecular flexibility index (Phi) is 6.71. The van der Waals surface area contributed by atoms with Gasteiger partial charge < -0.3 is 20.1 Å². The van der Waals surface area contributed by atoms with Crippen molar-refractivity contribution in [1.29, 1.82) is 0 Å². The Morgan fingerprint density at radius 3 is 2.65 bits per heavy atom. The molecule has 162 valence electrons. The van der Waals surface area contributed by atoms with E-state index in [2.05, 4.69) is 25.3 Å². The van der Waals surface area contributed by atoms with Gasteiger partial charge in [0.2, 0.25) is 0 Å². The summed E-state index contributed by atoms with van der Waals surface area (Å²) in [6.45, 7) is 3.54. The van der Waals surface area contributed by atoms with Crippen LogP contribution in [0.15, 0.2) is 51.8 Å². The fraction of sp³-hybridized carbons (Fsp3) is 0.238. The molecule has 0 saturated carbocycles. The van der Waals surface area contributed by atoms with Crippen LogP contribution in [0.2, 0.25) is 0 Å². The van der Waals surface area contributed by atoms with Gasteiger partial charge in [0.15, 0.2) is 23.9 Å². The normalized spacial score (nSPS) is 10.6. The number of nitrogens with one attached hydrogen (secondary N) is 3. The summed E-state index contributed by atoms with van der Waals surface area (Å²) in [5, 5.41) is 9.12. The lowest BCUT2D eigenvalue weighted by atomic mass is 10.1. The molecule has 0 aliphatic carbocycles. The van der Waals surface area contributed by atoms with Crippen LogP contribution in [0.1, 0.15) is 24.2 Å². The molecule has 0 aliphatic rings. The number of hydrogen-bond donors (Lipinski definition) is 3. The van der Waals surface area contributed by atoms with Crippen molar-refractivity contribution in [2.75, 3.05) is 19.0 Å². The Morgan fingerprint density at radius 2 is 1.97 bits per heavy atom. The molecule has 0 saturated heterocycles. The molecule has 0 spiro atoms. The number of aromatic amines is 1. The molecule has 31 heavy (non-hydrogen) atoms. The van der Waals surface area contributed by atoms with Gasteiger partial charge in [0.1, 0.15) is 0 Å². The topological polar surface area (TPSA) is 136 Å². The maximum atomic E-state index is 12.7. The van der Waals surface area contributed by atoms with Crippen LogP contribution in [-0.2, 0) is 4.79 Å². The predicted octanol–water partition coefficient (Wildman–Crippen LogP) is 2.19. The number of rotatable bonds is 8. The molecule has 2 aromatic carbocycles. The summed E-state index contributed by atoms with van der Waals surface area (Å²) in [7, 11) is 1.44. The third-order valence-corrected chi connectivity index (χ3v) is 4.07. The molecule has 2 amide bonds. The van der Waals surface area contributed by atoms with E-state index < -0.39 is 5.76 Å². The molecule has 1 aromatic heterocycles. The first-order valence-corrected chi connectivity index (χ1v) is 9.43. The van der Waals surface area contributed by atoms with Gasteiger partial charge in [-0.3, -0.25) is 19.1 Å². The average molecular weight is 426 g/mol. The second kappa shape index (κ2) is 9.61. The van der Waals surface area contributed by atoms with Gasteiger partial charge in [-0.1, -0.05) is 17.3 Å². The molecule has 0 unspecified atom stereocenters. The minimum absolute atomic E-state index is 0.00658. The van der Waals surface area contributed by atoms with Crippen molar-refractivity contribution < 1.29 is 23.6 Å². The van der Waals surface area contributed by atoms with E-state index in [9.17, 15) is 14.4 Å². The number of aromatic nitrogens is 2. The molecule has 3 N–H and O–H groups in total. The van der Waals surface area contributed by atoms with Crippen LogP contribution >= 0.6 is 0 Å². The molecule has 0 bridgehead atoms. The quantitative estimate of drug-likeness (QED) is 0.502. The molecule has 10 heteroatoms. The number of benzene rings is 2. The molecule has 3 rings (SSSR count). The zero-order valence-electron chi connectivity index (χ0n) is 17.2. The first kappa shape index (κ1) is 21.6. The van der Waals surface area contributed by atoms with Crippen LogP contribution in [0.5, 0.6) is 11.5 Å². The number of hydrogen-bond acceptors (Lipinski definition) is 7. The highest BCUT2D eigenvalue weighted by Crippen LogP contribution is 2.28. The molecule has 10 nitrogen and oxygen atoms in total. The lowest BCUT2D eigenvalue weighted by molar-refractivity contribution is -0.123. The molecule has 0 fully saturated rings. The summed E-state index contributed by atoms with van der Waals surface area (Å²) >= 11 is 0. The number of ether oxygens (including phenoxy) is 2. The van der Waals surface area contributed by atoms with Crippen LogP contribution in [0.3, 0.4) is 0 Å². The van der Waals surface area contributed by atoms with E-state index in [0.29, 0.717) is 28.3 Å². The monoisotopic (exact) mass is 426 g/mol. The van der Waals surface area contributed by atoms with E-state index in [1.165, 1.54) is 13.2 Å². The predicted molar refractivity (Wildman–Crippen MR) is 112 cm³/mol. The van der Waals surface area contributed by atoms with E-state index in [1.807, 2.05) is 13.8 Å². The summed E-state index contributed by atoms with van der Waals surface area (Å²) in [5.41, 5.74) is 1.40. The molecule has 0 radical (unpaired) electrons. The molecule has 0 aliphatic heterocycles. The maximum absolute atomic E-state index is 12.7. The van der Waals surface area contributed by atoms with Gasteiger partial charge in [0, 0.05) is 22.9 Å². The first-order chi connectivity index (χ1) is 14.9. The Bertz CT molecular complexity index is 1130. The van der Waals surface area contributed by atoms with Crippen molar-refractivity contribution in [3.63, 3.8) is 0 Å². The number of carbonyl (C=O) groups is 2. The second-order valence-corrected chi connectivity index (χ2v) is 6.86. The van der Waals surface area contributed by atoms with Crippen molar-refractivity contribution in [3.05, 3.63) is 58.6 Å². The van der Waals surface area contributed by atoms with Gasteiger partial charge in [0.05, 0.1) is 7.11 Å². The number of nitrogens with zero attached hydrogens (tertiary/aromatic N) is 1. The minimum atomic E-state index is -0.666. The Labute approximate surface area is 177 Å². The third-order valence-electron chi connectivity index (χ3n) is 4.07. The van der Waals surface area contributed by atoms with E-state index in [-0.39, 0.29) is 30.3 Å². The average Bonchev–Trinajstić information content (AvgIpc) is 3.18. The Hall–Kier alpha value is -4.08. The number of carbonyl (C=O) groups excluding carboxylic acids is 2. The smallest absolute Gasteiger partial charge is 0.439 e. The lowest BCUT2D eigenvalue weighted by Gasteiger charge is -2.13. The van der Waals surface area contributed by atoms with Gasteiger partial charge in [-0.25, -0.2) is 4.79 Å². The highest BCUT2D eigenvalue weighted by atomic mass is 16.5. The van der Waals surface area contributed by atoms with Gasteiger partial charge in [-0.15, -0.1) is 0 Å². The van der Waals surface area contributed by atoms with E-state index in [4.69, 9.17) is 9.47 Å². The largest absolute Gasteiger partial charge is 0.493 e. The van der Waals surface area contributed by atoms with E-state index >= 15 is 0 Å². The van der Waals surface area contributed by atoms with E-state index in [0.717, 1.165) is 0 Å². The third kappa shape index (κ3) is 5.72. The summed E-state index contributed by atoms with van der Waals surface area (Å²) in [5.74, 6) is -0.388. The molecular weight excluding hydrogens is 404 g/mol. The van der Waals surface area contributed by atoms with Crippen LogP contribution in [0.25, 0.3) is 11.4 Å². The van der Waals surface area contributed by atoms with Crippen molar-refractivity contribution >= 4 is 17.5 Å². The zero-order valence-corrected chi connectivity index (χ0v) is 17.2. The molecule has 0 atom stereocenters. The number of anilines is 1. The number of methoxy groups -OCH3 is 1. The Morgan fingerprint density at radius 1 is 1.16 bits per heavy atom. The van der Waals surface area contributed by atoms with Gasteiger partial charge in [0.25, 0.3) is 11.8 Å². The van der Waals surface area contributed by atoms with E-state index in [1.54, 1.807) is 36.4 Å². The van der Waals surface area contributed by atoms with Gasteiger partial charge >= 0.3 is 5.76 Å². The van der Waals surface area contributed by atoms with Crippen LogP contribution in [0, 0.1) is 0 Å². The standard InChI is InChI=1S/C21H22N4O6/c1-12(2)22-18(26)11-30-16-8-7-14(10-17(16)29-3)20(27)23-15-6-4-5-13(9-15)19-24-21(28)31-25-19/h4-10,12H,11H2,1-3H3,(H,22,26)(H,23,27)(H,24,25,28). The summed E-state index contributed by atoms with van der Waals surface area (Å²) in [6.07, 6.45) is 0. The van der Waals surface area contributed by atoms with Crippen molar-refractivity contribution in [2.24, 2.45) is 0 Å². The second-order valence-electron chi connectivity index (χ2n) is 6.86. The highest BCUT2D eigenvalue weighted by Gasteiger charge is 2.14. The maximum Gasteiger partial charge on any atom is 0.439 e. The Balaban J connectivity index is 1.70. The van der Waals surface area contributed by atoms with Crippen LogP contribution < -0.4 is 25.9 Å². The van der Waals surface area contributed by atoms with Crippen LogP contribution in [0.4, 0.5) is 5.69 Å². The fourth-order valence-electron chi connectivity index (χ4n) is 2.74. The fourth-order valence-corrected chi connectivity index (χ4v) is 2.74. The summed E-state index contributed by atoms with van der Waals surface area (Å²) < 4.78 is 15.3. The van der Waals surface area contributed by atoms with Crippen molar-refractivity contribution in [2.45, 2.75) is 19.9 Å². The SMILES string of the molecule is COc1cc(C(=O)Nc2cccc(-c3noc(=O)[nH]3)c2)ccc1OCC(=O)NC(C)C. The molecular formula is C21H22N4O6.